The third-order valence-electron chi connectivity index (χ3n) is 5.83. The van der Waals surface area contributed by atoms with Crippen molar-refractivity contribution in [3.05, 3.63) is 0 Å². The highest BCUT2D eigenvalue weighted by molar-refractivity contribution is 5.64. The van der Waals surface area contributed by atoms with Gasteiger partial charge in [-0.25, -0.2) is 4.79 Å². The van der Waals surface area contributed by atoms with Crippen LogP contribution in [0, 0.1) is 0 Å². The van der Waals surface area contributed by atoms with Gasteiger partial charge < -0.3 is 10.0 Å². The van der Waals surface area contributed by atoms with E-state index in [0.29, 0.717) is 6.54 Å². The van der Waals surface area contributed by atoms with Crippen molar-refractivity contribution in [2.75, 3.05) is 13.1 Å². The molecule has 168 valence electrons. The summed E-state index contributed by atoms with van der Waals surface area (Å²) in [6.45, 7) is 5.91. The minimum Gasteiger partial charge on any atom is -0.465 e. The Morgan fingerprint density at radius 2 is 0.750 bits per heavy atom. The molecule has 0 aliphatic carbocycles. The molecule has 0 aromatic rings. The smallest absolute Gasteiger partial charge is 0.407 e. The van der Waals surface area contributed by atoms with Crippen LogP contribution in [-0.2, 0) is 0 Å². The first-order valence-electron chi connectivity index (χ1n) is 12.7. The van der Waals surface area contributed by atoms with E-state index in [9.17, 15) is 9.90 Å². The fourth-order valence-corrected chi connectivity index (χ4v) is 3.88. The fourth-order valence-electron chi connectivity index (χ4n) is 3.88. The molecular formula is C25H51NO2. The average molecular weight is 398 g/mol. The molecule has 1 amide bonds. The van der Waals surface area contributed by atoms with E-state index in [0.717, 1.165) is 25.8 Å². The molecule has 0 heterocycles. The Hall–Kier alpha value is -0.730. The molecule has 0 radical (unpaired) electrons. The summed E-state index contributed by atoms with van der Waals surface area (Å²) in [5, 5.41) is 9.28. The van der Waals surface area contributed by atoms with E-state index in [4.69, 9.17) is 0 Å². The quantitative estimate of drug-likeness (QED) is 0.185. The lowest BCUT2D eigenvalue weighted by molar-refractivity contribution is 0.143. The van der Waals surface area contributed by atoms with Crippen LogP contribution in [0.2, 0.25) is 0 Å². The van der Waals surface area contributed by atoms with Crippen LogP contribution in [-0.4, -0.2) is 29.2 Å². The number of hydrogen-bond donors (Lipinski definition) is 1. The molecule has 0 aliphatic heterocycles. The first-order chi connectivity index (χ1) is 13.7. The number of unbranched alkanes of at least 4 members (excludes halogenated alkanes) is 18. The Labute approximate surface area is 176 Å². The molecule has 0 aliphatic rings. The molecular weight excluding hydrogens is 346 g/mol. The molecule has 0 rings (SSSR count). The number of rotatable bonds is 22. The van der Waals surface area contributed by atoms with Crippen LogP contribution in [0.25, 0.3) is 0 Å². The second-order valence-corrected chi connectivity index (χ2v) is 8.63. The molecule has 3 nitrogen and oxygen atoms in total. The van der Waals surface area contributed by atoms with Gasteiger partial charge in [0.1, 0.15) is 0 Å². The molecule has 28 heavy (non-hydrogen) atoms. The van der Waals surface area contributed by atoms with Gasteiger partial charge in [-0.3, -0.25) is 0 Å². The van der Waals surface area contributed by atoms with Gasteiger partial charge in [0.25, 0.3) is 0 Å². The van der Waals surface area contributed by atoms with Crippen LogP contribution in [0.1, 0.15) is 142 Å². The molecule has 1 N–H and O–H groups in total. The van der Waals surface area contributed by atoms with Crippen molar-refractivity contribution in [1.82, 2.24) is 4.90 Å². The molecule has 0 fully saturated rings. The third kappa shape index (κ3) is 20.0. The maximum Gasteiger partial charge on any atom is 0.407 e. The highest BCUT2D eigenvalue weighted by Gasteiger charge is 2.10. The predicted molar refractivity (Wildman–Crippen MR) is 123 cm³/mol. The molecule has 0 spiro atoms. The van der Waals surface area contributed by atoms with Gasteiger partial charge in [0, 0.05) is 13.1 Å². The lowest BCUT2D eigenvalue weighted by Gasteiger charge is -2.19. The highest BCUT2D eigenvalue weighted by atomic mass is 16.4. The summed E-state index contributed by atoms with van der Waals surface area (Å²) in [4.78, 5) is 12.9. The second kappa shape index (κ2) is 22.6. The number of hydrogen-bond acceptors (Lipinski definition) is 1. The van der Waals surface area contributed by atoms with E-state index in [1.54, 1.807) is 4.90 Å². The monoisotopic (exact) mass is 397 g/mol. The molecule has 0 atom stereocenters. The second-order valence-electron chi connectivity index (χ2n) is 8.63. The van der Waals surface area contributed by atoms with Gasteiger partial charge in [0.15, 0.2) is 0 Å². The van der Waals surface area contributed by atoms with Crippen molar-refractivity contribution in [2.24, 2.45) is 0 Å². The van der Waals surface area contributed by atoms with Gasteiger partial charge in [-0.1, -0.05) is 129 Å². The summed E-state index contributed by atoms with van der Waals surface area (Å²) in [6, 6.07) is 0. The Bertz CT molecular complexity index is 320. The summed E-state index contributed by atoms with van der Waals surface area (Å²) in [5.74, 6) is 0. The van der Waals surface area contributed by atoms with E-state index in [1.165, 1.54) is 109 Å². The molecule has 3 heteroatoms. The molecule has 0 aromatic heterocycles. The van der Waals surface area contributed by atoms with Gasteiger partial charge in [0.05, 0.1) is 0 Å². The minimum absolute atomic E-state index is 0.716. The summed E-state index contributed by atoms with van der Waals surface area (Å²) in [7, 11) is 0. The van der Waals surface area contributed by atoms with Crippen molar-refractivity contribution >= 4 is 6.09 Å². The predicted octanol–water partition coefficient (Wildman–Crippen LogP) is 8.81. The largest absolute Gasteiger partial charge is 0.465 e. The van der Waals surface area contributed by atoms with Crippen LogP contribution in [0.3, 0.4) is 0 Å². The van der Waals surface area contributed by atoms with Gasteiger partial charge in [-0.15, -0.1) is 0 Å². The summed E-state index contributed by atoms with van der Waals surface area (Å²) in [5.41, 5.74) is 0. The maximum atomic E-state index is 11.3. The van der Waals surface area contributed by atoms with Crippen LogP contribution < -0.4 is 0 Å². The normalized spacial score (nSPS) is 11.1. The standard InChI is InChI=1S/C25H51NO2/c1-3-5-7-9-10-11-12-13-14-15-16-17-18-19-20-22-24-26(25(27)28)23-21-8-6-4-2/h3-24H2,1-2H3,(H,27,28). The van der Waals surface area contributed by atoms with Gasteiger partial charge in [-0.05, 0) is 12.8 Å². The Morgan fingerprint density at radius 3 is 1.04 bits per heavy atom. The summed E-state index contributed by atoms with van der Waals surface area (Å²) < 4.78 is 0. The Kier molecular flexibility index (Phi) is 22.0. The first-order valence-corrected chi connectivity index (χ1v) is 12.7. The highest BCUT2D eigenvalue weighted by Crippen LogP contribution is 2.14. The van der Waals surface area contributed by atoms with Crippen LogP contribution >= 0.6 is 0 Å². The van der Waals surface area contributed by atoms with Gasteiger partial charge >= 0.3 is 6.09 Å². The molecule has 0 bridgehead atoms. The number of carboxylic acid groups (broad SMARTS) is 1. The van der Waals surface area contributed by atoms with E-state index in [-0.39, 0.29) is 0 Å². The van der Waals surface area contributed by atoms with E-state index in [1.807, 2.05) is 0 Å². The first kappa shape index (κ1) is 27.3. The summed E-state index contributed by atoms with van der Waals surface area (Å²) >= 11 is 0. The number of nitrogens with zero attached hydrogens (tertiary/aromatic N) is 1. The lowest BCUT2D eigenvalue weighted by Crippen LogP contribution is -2.31. The molecule has 0 aromatic carbocycles. The zero-order valence-electron chi connectivity index (χ0n) is 19.4. The van der Waals surface area contributed by atoms with Crippen LogP contribution in [0.4, 0.5) is 4.79 Å². The number of amides is 1. The third-order valence-corrected chi connectivity index (χ3v) is 5.83. The fraction of sp³-hybridized carbons (Fsp3) is 0.960. The van der Waals surface area contributed by atoms with E-state index in [2.05, 4.69) is 13.8 Å². The van der Waals surface area contributed by atoms with Crippen molar-refractivity contribution in [3.63, 3.8) is 0 Å². The van der Waals surface area contributed by atoms with Gasteiger partial charge in [0.2, 0.25) is 0 Å². The molecule has 0 saturated carbocycles. The van der Waals surface area contributed by atoms with Crippen molar-refractivity contribution in [3.8, 4) is 0 Å². The zero-order chi connectivity index (χ0) is 20.7. The average Bonchev–Trinajstić information content (AvgIpc) is 2.69. The Morgan fingerprint density at radius 1 is 0.500 bits per heavy atom. The van der Waals surface area contributed by atoms with Crippen LogP contribution in [0.5, 0.6) is 0 Å². The van der Waals surface area contributed by atoms with Crippen molar-refractivity contribution < 1.29 is 9.90 Å². The Balaban J connectivity index is 3.30. The maximum absolute atomic E-state index is 11.3. The van der Waals surface area contributed by atoms with E-state index >= 15 is 0 Å². The van der Waals surface area contributed by atoms with Gasteiger partial charge in [-0.2, -0.15) is 0 Å². The topological polar surface area (TPSA) is 40.5 Å². The van der Waals surface area contributed by atoms with E-state index < -0.39 is 6.09 Å². The summed E-state index contributed by atoms with van der Waals surface area (Å²) in [6.07, 6.45) is 25.6. The molecule has 0 unspecified atom stereocenters. The van der Waals surface area contributed by atoms with Crippen LogP contribution in [0.15, 0.2) is 0 Å². The lowest BCUT2D eigenvalue weighted by atomic mass is 10.0. The molecule has 0 saturated heterocycles. The minimum atomic E-state index is -0.738. The van der Waals surface area contributed by atoms with Crippen molar-refractivity contribution in [1.29, 1.82) is 0 Å². The van der Waals surface area contributed by atoms with Crippen molar-refractivity contribution in [2.45, 2.75) is 142 Å². The zero-order valence-corrected chi connectivity index (χ0v) is 19.4. The number of carbonyl (C=O) groups is 1. The SMILES string of the molecule is CCCCCCCCCCCCCCCCCCN(CCCCCC)C(=O)O.